The SMILES string of the molecule is FC(F)(F)c1cc(N=C=S)nn1CC1CCCOC1. The van der Waals surface area contributed by atoms with Crippen molar-refractivity contribution in [2.45, 2.75) is 25.6 Å². The summed E-state index contributed by atoms with van der Waals surface area (Å²) in [4.78, 5) is 3.50. The van der Waals surface area contributed by atoms with Gasteiger partial charge in [-0.1, -0.05) is 0 Å². The van der Waals surface area contributed by atoms with Crippen molar-refractivity contribution >= 4 is 23.2 Å². The first kappa shape index (κ1) is 14.2. The minimum Gasteiger partial charge on any atom is -0.381 e. The summed E-state index contributed by atoms with van der Waals surface area (Å²) in [6.07, 6.45) is -2.76. The second kappa shape index (κ2) is 5.81. The van der Waals surface area contributed by atoms with Gasteiger partial charge in [0.15, 0.2) is 5.82 Å². The van der Waals surface area contributed by atoms with Crippen molar-refractivity contribution in [3.63, 3.8) is 0 Å². The van der Waals surface area contributed by atoms with Crippen LogP contribution in [0.25, 0.3) is 0 Å². The van der Waals surface area contributed by atoms with E-state index >= 15 is 0 Å². The van der Waals surface area contributed by atoms with Gasteiger partial charge in [0, 0.05) is 25.1 Å². The monoisotopic (exact) mass is 291 g/mol. The topological polar surface area (TPSA) is 39.4 Å². The Morgan fingerprint density at radius 2 is 2.37 bits per heavy atom. The van der Waals surface area contributed by atoms with Gasteiger partial charge >= 0.3 is 6.18 Å². The first-order chi connectivity index (χ1) is 9.00. The van der Waals surface area contributed by atoms with E-state index in [1.54, 1.807) is 0 Å². The number of aromatic nitrogens is 2. The van der Waals surface area contributed by atoms with Gasteiger partial charge in [0.2, 0.25) is 0 Å². The molecule has 1 aliphatic rings. The van der Waals surface area contributed by atoms with Gasteiger partial charge in [0.1, 0.15) is 5.69 Å². The molecule has 0 aliphatic carbocycles. The molecule has 1 aliphatic heterocycles. The maximum absolute atomic E-state index is 12.9. The van der Waals surface area contributed by atoms with E-state index in [1.807, 2.05) is 5.16 Å². The third kappa shape index (κ3) is 3.62. The van der Waals surface area contributed by atoms with Crippen LogP contribution in [0.2, 0.25) is 0 Å². The zero-order chi connectivity index (χ0) is 13.9. The molecule has 8 heteroatoms. The van der Waals surface area contributed by atoms with Gasteiger partial charge in [-0.05, 0) is 25.1 Å². The summed E-state index contributed by atoms with van der Waals surface area (Å²) >= 11 is 4.37. The van der Waals surface area contributed by atoms with Gasteiger partial charge in [-0.25, -0.2) is 0 Å². The summed E-state index contributed by atoms with van der Waals surface area (Å²) in [5.41, 5.74) is -0.818. The predicted molar refractivity (Wildman–Crippen MR) is 65.5 cm³/mol. The van der Waals surface area contributed by atoms with Crippen LogP contribution in [0.1, 0.15) is 18.5 Å². The summed E-state index contributed by atoms with van der Waals surface area (Å²) < 4.78 is 44.8. The normalized spacial score (nSPS) is 20.1. The molecule has 1 saturated heterocycles. The van der Waals surface area contributed by atoms with E-state index in [2.05, 4.69) is 22.3 Å². The lowest BCUT2D eigenvalue weighted by molar-refractivity contribution is -0.144. The molecule has 1 aromatic heterocycles. The lowest BCUT2D eigenvalue weighted by Crippen LogP contribution is -2.25. The van der Waals surface area contributed by atoms with Crippen LogP contribution in [0.15, 0.2) is 11.1 Å². The maximum atomic E-state index is 12.9. The van der Waals surface area contributed by atoms with E-state index in [9.17, 15) is 13.2 Å². The highest BCUT2D eigenvalue weighted by atomic mass is 32.1. The Kier molecular flexibility index (Phi) is 4.34. The van der Waals surface area contributed by atoms with Crippen LogP contribution in [-0.4, -0.2) is 28.2 Å². The summed E-state index contributed by atoms with van der Waals surface area (Å²) in [6, 6.07) is 0.878. The number of hydrogen-bond acceptors (Lipinski definition) is 4. The van der Waals surface area contributed by atoms with Crippen LogP contribution >= 0.6 is 12.2 Å². The third-order valence-electron chi connectivity index (χ3n) is 2.90. The van der Waals surface area contributed by atoms with Gasteiger partial charge < -0.3 is 4.74 Å². The molecule has 2 rings (SSSR count). The van der Waals surface area contributed by atoms with Crippen molar-refractivity contribution in [3.05, 3.63) is 11.8 Å². The second-order valence-corrected chi connectivity index (χ2v) is 4.54. The number of nitrogens with zero attached hydrogens (tertiary/aromatic N) is 3. The average Bonchev–Trinajstić information content (AvgIpc) is 2.74. The fraction of sp³-hybridized carbons (Fsp3) is 0.636. The van der Waals surface area contributed by atoms with Crippen LogP contribution < -0.4 is 0 Å². The largest absolute Gasteiger partial charge is 0.433 e. The van der Waals surface area contributed by atoms with Crippen molar-refractivity contribution in [1.29, 1.82) is 0 Å². The van der Waals surface area contributed by atoms with Gasteiger partial charge in [-0.2, -0.15) is 23.3 Å². The van der Waals surface area contributed by atoms with E-state index in [0.29, 0.717) is 13.2 Å². The van der Waals surface area contributed by atoms with Crippen molar-refractivity contribution in [1.82, 2.24) is 9.78 Å². The lowest BCUT2D eigenvalue weighted by Gasteiger charge is -2.22. The van der Waals surface area contributed by atoms with Crippen LogP contribution in [0.3, 0.4) is 0 Å². The van der Waals surface area contributed by atoms with Crippen molar-refractivity contribution in [2.24, 2.45) is 10.9 Å². The average molecular weight is 291 g/mol. The summed E-state index contributed by atoms with van der Waals surface area (Å²) in [5, 5.41) is 5.83. The molecule has 0 N–H and O–H groups in total. The maximum Gasteiger partial charge on any atom is 0.433 e. The highest BCUT2D eigenvalue weighted by Gasteiger charge is 2.36. The summed E-state index contributed by atoms with van der Waals surface area (Å²) in [7, 11) is 0. The molecule has 4 nitrogen and oxygen atoms in total. The van der Waals surface area contributed by atoms with E-state index in [-0.39, 0.29) is 18.3 Å². The number of alkyl halides is 3. The van der Waals surface area contributed by atoms with Crippen molar-refractivity contribution < 1.29 is 17.9 Å². The zero-order valence-electron chi connectivity index (χ0n) is 9.98. The quantitative estimate of drug-likeness (QED) is 0.634. The van der Waals surface area contributed by atoms with Crippen molar-refractivity contribution in [2.75, 3.05) is 13.2 Å². The Hall–Kier alpha value is -1.24. The first-order valence-corrected chi connectivity index (χ1v) is 6.22. The molecule has 1 aromatic rings. The molecule has 0 spiro atoms. The minimum absolute atomic E-state index is 0.0408. The Labute approximate surface area is 113 Å². The molecule has 0 amide bonds. The minimum atomic E-state index is -4.46. The molecular formula is C11H12F3N3OS. The van der Waals surface area contributed by atoms with Crippen LogP contribution in [0, 0.1) is 5.92 Å². The molecular weight excluding hydrogens is 279 g/mol. The van der Waals surface area contributed by atoms with Gasteiger partial charge in [-0.15, -0.1) is 0 Å². The second-order valence-electron chi connectivity index (χ2n) is 4.35. The van der Waals surface area contributed by atoms with Crippen LogP contribution in [0.4, 0.5) is 19.0 Å². The number of rotatable bonds is 3. The fourth-order valence-electron chi connectivity index (χ4n) is 2.07. The highest BCUT2D eigenvalue weighted by Crippen LogP contribution is 2.32. The van der Waals surface area contributed by atoms with Crippen LogP contribution in [-0.2, 0) is 17.5 Å². The molecule has 0 saturated carbocycles. The molecule has 0 radical (unpaired) electrons. The molecule has 0 bridgehead atoms. The number of hydrogen-bond donors (Lipinski definition) is 0. The lowest BCUT2D eigenvalue weighted by atomic mass is 10.0. The number of halogens is 3. The Bertz CT molecular complexity index is 488. The first-order valence-electron chi connectivity index (χ1n) is 5.81. The molecule has 1 atom stereocenters. The third-order valence-corrected chi connectivity index (χ3v) is 2.99. The Morgan fingerprint density at radius 3 is 2.95 bits per heavy atom. The van der Waals surface area contributed by atoms with Crippen molar-refractivity contribution in [3.8, 4) is 0 Å². The standard InChI is InChI=1S/C11H12F3N3OS/c12-11(13,14)9-4-10(15-7-19)16-17(9)5-8-2-1-3-18-6-8/h4,8H,1-3,5-6H2. The highest BCUT2D eigenvalue weighted by molar-refractivity contribution is 7.78. The van der Waals surface area contributed by atoms with Crippen LogP contribution in [0.5, 0.6) is 0 Å². The van der Waals surface area contributed by atoms with E-state index in [1.165, 1.54) is 0 Å². The Morgan fingerprint density at radius 1 is 1.58 bits per heavy atom. The molecule has 1 unspecified atom stereocenters. The predicted octanol–water partition coefficient (Wildman–Crippen LogP) is 3.06. The van der Waals surface area contributed by atoms with Gasteiger partial charge in [0.25, 0.3) is 0 Å². The van der Waals surface area contributed by atoms with E-state index < -0.39 is 11.9 Å². The summed E-state index contributed by atoms with van der Waals surface area (Å²) in [6.45, 7) is 1.30. The zero-order valence-corrected chi connectivity index (χ0v) is 10.8. The number of aliphatic imine (C=N–C) groups is 1. The Balaban J connectivity index is 2.23. The number of isothiocyanates is 1. The molecule has 19 heavy (non-hydrogen) atoms. The van der Waals surface area contributed by atoms with Gasteiger partial charge in [-0.3, -0.25) is 4.68 Å². The number of thiocarbonyl (C=S) groups is 1. The number of ether oxygens (including phenoxy) is 1. The van der Waals surface area contributed by atoms with E-state index in [0.717, 1.165) is 23.6 Å². The smallest absolute Gasteiger partial charge is 0.381 e. The summed E-state index contributed by atoms with van der Waals surface area (Å²) in [5.74, 6) is -0.0295. The molecule has 2 heterocycles. The molecule has 104 valence electrons. The molecule has 0 aromatic carbocycles. The van der Waals surface area contributed by atoms with E-state index in [4.69, 9.17) is 4.74 Å². The fourth-order valence-corrected chi connectivity index (χ4v) is 2.16. The van der Waals surface area contributed by atoms with Gasteiger partial charge in [0.05, 0.1) is 11.8 Å². The molecule has 1 fully saturated rings.